The summed E-state index contributed by atoms with van der Waals surface area (Å²) in [5.74, 6) is 1.06. The maximum Gasteiger partial charge on any atom is 0.251 e. The van der Waals surface area contributed by atoms with E-state index in [2.05, 4.69) is 35.1 Å². The Hall–Kier alpha value is -1.23. The first-order valence-corrected chi connectivity index (χ1v) is 7.78. The highest BCUT2D eigenvalue weighted by atomic mass is 79.9. The minimum Gasteiger partial charge on any atom is -0.493 e. The van der Waals surface area contributed by atoms with E-state index in [4.69, 9.17) is 9.47 Å². The van der Waals surface area contributed by atoms with Crippen LogP contribution < -0.4 is 14.8 Å². The van der Waals surface area contributed by atoms with Gasteiger partial charge in [0.05, 0.1) is 14.2 Å². The van der Waals surface area contributed by atoms with Crippen molar-refractivity contribution in [1.82, 2.24) is 5.32 Å². The Balaban J connectivity index is 2.98. The number of nitrogens with one attached hydrogen (secondary N) is 1. The number of halogens is 1. The van der Waals surface area contributed by atoms with Gasteiger partial charge in [0.2, 0.25) is 0 Å². The highest BCUT2D eigenvalue weighted by Crippen LogP contribution is 2.28. The Kier molecular flexibility index (Phi) is 6.33. The predicted molar refractivity (Wildman–Crippen MR) is 84.1 cm³/mol. The normalized spacial score (nSPS) is 11.1. The average molecular weight is 344 g/mol. The molecule has 0 radical (unpaired) electrons. The van der Waals surface area contributed by atoms with Gasteiger partial charge in [-0.15, -0.1) is 0 Å². The van der Waals surface area contributed by atoms with Crippen LogP contribution in [0.2, 0.25) is 0 Å². The number of carbonyl (C=O) groups excluding carboxylic acids is 1. The zero-order valence-electron chi connectivity index (χ0n) is 12.5. The SMILES string of the molecule is CCC(CC)(CBr)NC(=O)c1ccc(OC)c(OC)c1. The van der Waals surface area contributed by atoms with Crippen LogP contribution in [0.25, 0.3) is 0 Å². The second kappa shape index (κ2) is 7.53. The summed E-state index contributed by atoms with van der Waals surface area (Å²) in [6.07, 6.45) is 1.74. The molecule has 0 bridgehead atoms. The number of ether oxygens (including phenoxy) is 2. The lowest BCUT2D eigenvalue weighted by Gasteiger charge is -2.31. The number of hydrogen-bond donors (Lipinski definition) is 1. The third kappa shape index (κ3) is 3.66. The molecule has 0 unspecified atom stereocenters. The number of carbonyl (C=O) groups is 1. The molecule has 4 nitrogen and oxygen atoms in total. The van der Waals surface area contributed by atoms with Gasteiger partial charge >= 0.3 is 0 Å². The Labute approximate surface area is 129 Å². The third-order valence-electron chi connectivity index (χ3n) is 3.63. The molecule has 1 amide bonds. The van der Waals surface area contributed by atoms with Gasteiger partial charge in [0.1, 0.15) is 0 Å². The minimum absolute atomic E-state index is 0.103. The molecule has 1 rings (SSSR count). The molecule has 1 N–H and O–H groups in total. The van der Waals surface area contributed by atoms with E-state index in [1.54, 1.807) is 32.4 Å². The van der Waals surface area contributed by atoms with E-state index >= 15 is 0 Å². The minimum atomic E-state index is -0.218. The van der Waals surface area contributed by atoms with Gasteiger partial charge < -0.3 is 14.8 Å². The summed E-state index contributed by atoms with van der Waals surface area (Å²) >= 11 is 3.49. The molecule has 1 aromatic rings. The molecule has 0 aromatic heterocycles. The van der Waals surface area contributed by atoms with Crippen LogP contribution >= 0.6 is 15.9 Å². The topological polar surface area (TPSA) is 47.6 Å². The van der Waals surface area contributed by atoms with Crippen LogP contribution in [0.1, 0.15) is 37.0 Å². The predicted octanol–water partition coefficient (Wildman–Crippen LogP) is 3.39. The van der Waals surface area contributed by atoms with Crippen molar-refractivity contribution < 1.29 is 14.3 Å². The van der Waals surface area contributed by atoms with Crippen molar-refractivity contribution in [1.29, 1.82) is 0 Å². The number of alkyl halides is 1. The summed E-state index contributed by atoms with van der Waals surface area (Å²) in [4.78, 5) is 12.4. The molecule has 112 valence electrons. The van der Waals surface area contributed by atoms with Crippen LogP contribution in [0.15, 0.2) is 18.2 Å². The average Bonchev–Trinajstić information content (AvgIpc) is 2.51. The number of methoxy groups -OCH3 is 2. The summed E-state index contributed by atoms with van der Waals surface area (Å²) in [5.41, 5.74) is 0.347. The van der Waals surface area contributed by atoms with Crippen molar-refractivity contribution in [3.8, 4) is 11.5 Å². The van der Waals surface area contributed by atoms with Crippen LogP contribution in [-0.4, -0.2) is 31.0 Å². The molecule has 20 heavy (non-hydrogen) atoms. The van der Waals surface area contributed by atoms with Crippen LogP contribution in [0.3, 0.4) is 0 Å². The zero-order chi connectivity index (χ0) is 15.2. The van der Waals surface area contributed by atoms with Gasteiger partial charge in [-0.1, -0.05) is 29.8 Å². The summed E-state index contributed by atoms with van der Waals surface area (Å²) in [6.45, 7) is 4.14. The molecule has 1 aromatic carbocycles. The molecular formula is C15H22BrNO3. The van der Waals surface area contributed by atoms with Crippen molar-refractivity contribution in [2.45, 2.75) is 32.2 Å². The van der Waals surface area contributed by atoms with Gasteiger partial charge in [-0.2, -0.15) is 0 Å². The molecule has 0 saturated heterocycles. The summed E-state index contributed by atoms with van der Waals surface area (Å²) in [7, 11) is 3.13. The largest absolute Gasteiger partial charge is 0.493 e. The van der Waals surface area contributed by atoms with E-state index in [0.29, 0.717) is 17.1 Å². The van der Waals surface area contributed by atoms with Crippen molar-refractivity contribution in [3.05, 3.63) is 23.8 Å². The molecule has 0 atom stereocenters. The van der Waals surface area contributed by atoms with E-state index in [9.17, 15) is 4.79 Å². The molecular weight excluding hydrogens is 322 g/mol. The van der Waals surface area contributed by atoms with Gasteiger partial charge in [-0.05, 0) is 31.0 Å². The van der Waals surface area contributed by atoms with Gasteiger partial charge in [0.25, 0.3) is 5.91 Å². The van der Waals surface area contributed by atoms with Crippen LogP contribution in [0, 0.1) is 0 Å². The van der Waals surface area contributed by atoms with E-state index < -0.39 is 0 Å². The number of rotatable bonds is 7. The van der Waals surface area contributed by atoms with E-state index in [1.807, 2.05) is 0 Å². The van der Waals surface area contributed by atoms with Crippen molar-refractivity contribution in [2.24, 2.45) is 0 Å². The van der Waals surface area contributed by atoms with Crippen LogP contribution in [-0.2, 0) is 0 Å². The fraction of sp³-hybridized carbons (Fsp3) is 0.533. The molecule has 0 spiro atoms. The lowest BCUT2D eigenvalue weighted by atomic mass is 9.95. The highest BCUT2D eigenvalue weighted by Gasteiger charge is 2.27. The number of amides is 1. The molecule has 5 heteroatoms. The second-order valence-electron chi connectivity index (χ2n) is 4.64. The summed E-state index contributed by atoms with van der Waals surface area (Å²) in [6, 6.07) is 5.17. The van der Waals surface area contributed by atoms with Crippen molar-refractivity contribution in [2.75, 3.05) is 19.5 Å². The maximum absolute atomic E-state index is 12.4. The zero-order valence-corrected chi connectivity index (χ0v) is 14.0. The molecule has 0 saturated carbocycles. The first-order chi connectivity index (χ1) is 9.55. The number of benzene rings is 1. The lowest BCUT2D eigenvalue weighted by molar-refractivity contribution is 0.0903. The van der Waals surface area contributed by atoms with Gasteiger partial charge in [0, 0.05) is 16.4 Å². The van der Waals surface area contributed by atoms with Gasteiger partial charge in [-0.25, -0.2) is 0 Å². The Morgan fingerprint density at radius 1 is 1.20 bits per heavy atom. The first kappa shape index (κ1) is 16.8. The fourth-order valence-corrected chi connectivity index (χ4v) is 2.87. The first-order valence-electron chi connectivity index (χ1n) is 6.66. The van der Waals surface area contributed by atoms with Crippen molar-refractivity contribution in [3.63, 3.8) is 0 Å². The monoisotopic (exact) mass is 343 g/mol. The van der Waals surface area contributed by atoms with Crippen LogP contribution in [0.4, 0.5) is 0 Å². The highest BCUT2D eigenvalue weighted by molar-refractivity contribution is 9.09. The Bertz CT molecular complexity index is 450. The maximum atomic E-state index is 12.4. The molecule has 0 heterocycles. The van der Waals surface area contributed by atoms with E-state index in [-0.39, 0.29) is 11.4 Å². The molecule has 0 aliphatic carbocycles. The van der Waals surface area contributed by atoms with E-state index in [1.165, 1.54) is 0 Å². The smallest absolute Gasteiger partial charge is 0.251 e. The van der Waals surface area contributed by atoms with Gasteiger partial charge in [0.15, 0.2) is 11.5 Å². The summed E-state index contributed by atoms with van der Waals surface area (Å²) in [5, 5.41) is 3.83. The lowest BCUT2D eigenvalue weighted by Crippen LogP contribution is -2.49. The Morgan fingerprint density at radius 3 is 2.25 bits per heavy atom. The Morgan fingerprint density at radius 2 is 1.80 bits per heavy atom. The van der Waals surface area contributed by atoms with Crippen molar-refractivity contribution >= 4 is 21.8 Å². The molecule has 0 aliphatic rings. The standard InChI is InChI=1S/C15H22BrNO3/c1-5-15(6-2,10-16)17-14(18)11-7-8-12(19-3)13(9-11)20-4/h7-9H,5-6,10H2,1-4H3,(H,17,18). The summed E-state index contributed by atoms with van der Waals surface area (Å²) < 4.78 is 10.4. The molecule has 0 fully saturated rings. The molecule has 0 aliphatic heterocycles. The number of hydrogen-bond acceptors (Lipinski definition) is 3. The fourth-order valence-electron chi connectivity index (χ4n) is 1.94. The van der Waals surface area contributed by atoms with E-state index in [0.717, 1.165) is 18.2 Å². The quantitative estimate of drug-likeness (QED) is 0.772. The third-order valence-corrected chi connectivity index (χ3v) is 4.71. The van der Waals surface area contributed by atoms with Gasteiger partial charge in [-0.3, -0.25) is 4.79 Å². The van der Waals surface area contributed by atoms with Crippen LogP contribution in [0.5, 0.6) is 11.5 Å². The second-order valence-corrected chi connectivity index (χ2v) is 5.21.